The summed E-state index contributed by atoms with van der Waals surface area (Å²) in [6, 6.07) is 4.56. The van der Waals surface area contributed by atoms with E-state index in [2.05, 4.69) is 4.90 Å². The molecule has 1 fully saturated rings. The predicted molar refractivity (Wildman–Crippen MR) is 71.6 cm³/mol. The predicted octanol–water partition coefficient (Wildman–Crippen LogP) is 1.35. The minimum absolute atomic E-state index is 0.268. The first-order valence-corrected chi connectivity index (χ1v) is 6.72. The maximum atomic E-state index is 5.81. The van der Waals surface area contributed by atoms with Gasteiger partial charge in [-0.15, -0.1) is 0 Å². The highest BCUT2D eigenvalue weighted by Crippen LogP contribution is 2.42. The quantitative estimate of drug-likeness (QED) is 0.889. The van der Waals surface area contributed by atoms with Crippen molar-refractivity contribution in [1.29, 1.82) is 0 Å². The fraction of sp³-hybridized carbons (Fsp3) is 0.571. The zero-order chi connectivity index (χ0) is 13.2. The van der Waals surface area contributed by atoms with Gasteiger partial charge in [-0.3, -0.25) is 4.90 Å². The van der Waals surface area contributed by atoms with E-state index in [9.17, 15) is 0 Å². The molecule has 19 heavy (non-hydrogen) atoms. The van der Waals surface area contributed by atoms with Crippen LogP contribution in [0.2, 0.25) is 0 Å². The lowest BCUT2D eigenvalue weighted by Gasteiger charge is -2.23. The van der Waals surface area contributed by atoms with E-state index in [1.807, 2.05) is 12.1 Å². The molecule has 0 spiro atoms. The monoisotopic (exact) mass is 264 g/mol. The summed E-state index contributed by atoms with van der Waals surface area (Å²) in [4.78, 5) is 2.43. The molecule has 0 aliphatic carbocycles. The second-order valence-electron chi connectivity index (χ2n) is 5.03. The minimum atomic E-state index is 0.268. The van der Waals surface area contributed by atoms with Gasteiger partial charge in [-0.2, -0.15) is 0 Å². The van der Waals surface area contributed by atoms with Crippen LogP contribution >= 0.6 is 0 Å². The van der Waals surface area contributed by atoms with Gasteiger partial charge in [0.2, 0.25) is 12.5 Å². The summed E-state index contributed by atoms with van der Waals surface area (Å²) in [5.41, 5.74) is 6.99. The number of fused-ring (bicyclic) bond motifs is 1. The van der Waals surface area contributed by atoms with Crippen molar-refractivity contribution >= 4 is 0 Å². The molecule has 2 aliphatic rings. The smallest absolute Gasteiger partial charge is 0.231 e. The molecule has 0 saturated carbocycles. The second kappa shape index (κ2) is 5.27. The van der Waals surface area contributed by atoms with Gasteiger partial charge < -0.3 is 19.9 Å². The van der Waals surface area contributed by atoms with E-state index >= 15 is 0 Å². The summed E-state index contributed by atoms with van der Waals surface area (Å²) in [5, 5.41) is 0. The van der Waals surface area contributed by atoms with Crippen molar-refractivity contribution in [2.45, 2.75) is 25.4 Å². The van der Waals surface area contributed by atoms with Crippen LogP contribution in [0.25, 0.3) is 0 Å². The molecule has 1 saturated heterocycles. The molecule has 0 bridgehead atoms. The maximum absolute atomic E-state index is 5.81. The van der Waals surface area contributed by atoms with E-state index in [-0.39, 0.29) is 6.79 Å². The first-order chi connectivity index (χ1) is 9.31. The van der Waals surface area contributed by atoms with Crippen molar-refractivity contribution in [3.63, 3.8) is 0 Å². The topological polar surface area (TPSA) is 57.0 Å². The second-order valence-corrected chi connectivity index (χ2v) is 5.03. The highest BCUT2D eigenvalue weighted by atomic mass is 16.7. The van der Waals surface area contributed by atoms with Crippen molar-refractivity contribution in [1.82, 2.24) is 4.90 Å². The number of ether oxygens (including phenoxy) is 3. The van der Waals surface area contributed by atoms with Crippen LogP contribution in [-0.2, 0) is 6.54 Å². The minimum Gasteiger partial charge on any atom is -0.493 e. The van der Waals surface area contributed by atoms with Crippen LogP contribution in [0.1, 0.15) is 18.4 Å². The molecule has 5 heteroatoms. The Kier molecular flexibility index (Phi) is 3.48. The number of hydrogen-bond donors (Lipinski definition) is 1. The van der Waals surface area contributed by atoms with E-state index < -0.39 is 0 Å². The first-order valence-electron chi connectivity index (χ1n) is 6.72. The number of benzene rings is 1. The summed E-state index contributed by atoms with van der Waals surface area (Å²) in [6.07, 6.45) is 2.42. The molecule has 2 N–H and O–H groups in total. The zero-order valence-corrected chi connectivity index (χ0v) is 11.2. The SMILES string of the molecule is COc1cc(CN2CCCC2CN)cc2c1OCO2. The Balaban J connectivity index is 1.81. The maximum Gasteiger partial charge on any atom is 0.231 e. The largest absolute Gasteiger partial charge is 0.493 e. The Bertz CT molecular complexity index is 464. The van der Waals surface area contributed by atoms with Crippen molar-refractivity contribution in [3.8, 4) is 17.2 Å². The van der Waals surface area contributed by atoms with Gasteiger partial charge in [-0.05, 0) is 37.1 Å². The Hall–Kier alpha value is -1.46. The molecule has 1 aromatic rings. The normalized spacial score (nSPS) is 21.9. The Morgan fingerprint density at radius 1 is 1.42 bits per heavy atom. The van der Waals surface area contributed by atoms with Crippen molar-refractivity contribution in [2.24, 2.45) is 5.73 Å². The molecule has 3 rings (SSSR count). The average Bonchev–Trinajstić information content (AvgIpc) is 3.06. The van der Waals surface area contributed by atoms with Gasteiger partial charge in [-0.25, -0.2) is 0 Å². The van der Waals surface area contributed by atoms with Gasteiger partial charge in [0.1, 0.15) is 0 Å². The van der Waals surface area contributed by atoms with E-state index in [1.54, 1.807) is 7.11 Å². The molecule has 2 heterocycles. The van der Waals surface area contributed by atoms with Gasteiger partial charge in [-0.1, -0.05) is 0 Å². The molecular weight excluding hydrogens is 244 g/mol. The van der Waals surface area contributed by atoms with Crippen molar-refractivity contribution < 1.29 is 14.2 Å². The lowest BCUT2D eigenvalue weighted by Crippen LogP contribution is -2.34. The van der Waals surface area contributed by atoms with Crippen LogP contribution < -0.4 is 19.9 Å². The van der Waals surface area contributed by atoms with E-state index in [0.29, 0.717) is 11.8 Å². The molecular formula is C14H20N2O3. The molecule has 0 amide bonds. The molecule has 104 valence electrons. The highest BCUT2D eigenvalue weighted by Gasteiger charge is 2.25. The van der Waals surface area contributed by atoms with Gasteiger partial charge in [0.25, 0.3) is 0 Å². The van der Waals surface area contributed by atoms with Crippen molar-refractivity contribution in [3.05, 3.63) is 17.7 Å². The van der Waals surface area contributed by atoms with Crippen molar-refractivity contribution in [2.75, 3.05) is 27.0 Å². The van der Waals surface area contributed by atoms with Crippen LogP contribution in [0.15, 0.2) is 12.1 Å². The van der Waals surface area contributed by atoms with Gasteiger partial charge >= 0.3 is 0 Å². The van der Waals surface area contributed by atoms with Gasteiger partial charge in [0.15, 0.2) is 11.5 Å². The number of methoxy groups -OCH3 is 1. The molecule has 1 atom stereocenters. The zero-order valence-electron chi connectivity index (χ0n) is 11.2. The Labute approximate surface area is 113 Å². The lowest BCUT2D eigenvalue weighted by molar-refractivity contribution is 0.171. The molecule has 0 aromatic heterocycles. The fourth-order valence-corrected chi connectivity index (χ4v) is 2.88. The number of hydrogen-bond acceptors (Lipinski definition) is 5. The van der Waals surface area contributed by atoms with E-state index in [4.69, 9.17) is 19.9 Å². The van der Waals surface area contributed by atoms with E-state index in [0.717, 1.165) is 31.1 Å². The number of nitrogens with zero attached hydrogens (tertiary/aromatic N) is 1. The Morgan fingerprint density at radius 2 is 2.32 bits per heavy atom. The van der Waals surface area contributed by atoms with Crippen LogP contribution in [0, 0.1) is 0 Å². The molecule has 2 aliphatic heterocycles. The summed E-state index contributed by atoms with van der Waals surface area (Å²) in [7, 11) is 1.65. The molecule has 1 aromatic carbocycles. The lowest BCUT2D eigenvalue weighted by atomic mass is 10.1. The van der Waals surface area contributed by atoms with Crippen LogP contribution in [0.4, 0.5) is 0 Å². The average molecular weight is 264 g/mol. The van der Waals surface area contributed by atoms with E-state index in [1.165, 1.54) is 18.4 Å². The fourth-order valence-electron chi connectivity index (χ4n) is 2.88. The number of rotatable bonds is 4. The molecule has 0 radical (unpaired) electrons. The third-order valence-corrected chi connectivity index (χ3v) is 3.87. The standard InChI is InChI=1S/C14H20N2O3/c1-17-12-5-10(6-13-14(12)19-9-18-13)8-16-4-2-3-11(16)7-15/h5-6,11H,2-4,7-9,15H2,1H3. The van der Waals surface area contributed by atoms with Crippen LogP contribution in [0.5, 0.6) is 17.2 Å². The van der Waals surface area contributed by atoms with Gasteiger partial charge in [0, 0.05) is 19.1 Å². The molecule has 5 nitrogen and oxygen atoms in total. The third kappa shape index (κ3) is 2.35. The third-order valence-electron chi connectivity index (χ3n) is 3.87. The van der Waals surface area contributed by atoms with Gasteiger partial charge in [0.05, 0.1) is 7.11 Å². The van der Waals surface area contributed by atoms with Crippen LogP contribution in [-0.4, -0.2) is 37.9 Å². The summed E-state index contributed by atoms with van der Waals surface area (Å²) in [6.45, 7) is 2.99. The molecule has 1 unspecified atom stereocenters. The number of likely N-dealkylation sites (tertiary alicyclic amines) is 1. The number of nitrogens with two attached hydrogens (primary N) is 1. The first kappa shape index (κ1) is 12.6. The highest BCUT2D eigenvalue weighted by molar-refractivity contribution is 5.55. The Morgan fingerprint density at radius 3 is 3.11 bits per heavy atom. The summed E-state index contributed by atoms with van der Waals surface area (Å²) < 4.78 is 16.2. The van der Waals surface area contributed by atoms with Crippen LogP contribution in [0.3, 0.4) is 0 Å². The summed E-state index contributed by atoms with van der Waals surface area (Å²) in [5.74, 6) is 2.23. The summed E-state index contributed by atoms with van der Waals surface area (Å²) >= 11 is 0.